The first-order valence-corrected chi connectivity index (χ1v) is 4.20. The van der Waals surface area contributed by atoms with Gasteiger partial charge in [0.25, 0.3) is 4.05 Å². The van der Waals surface area contributed by atoms with Crippen molar-refractivity contribution in [1.29, 1.82) is 0 Å². The maximum absolute atomic E-state index is 10.0. The van der Waals surface area contributed by atoms with E-state index in [0.29, 0.717) is 6.42 Å². The predicted octanol–water partition coefficient (Wildman–Crippen LogP) is 2.21. The Morgan fingerprint density at radius 3 is 2.67 bits per heavy atom. The molecule has 0 aromatic carbocycles. The zero-order valence-corrected chi connectivity index (χ0v) is 7.50. The molecule has 0 aromatic rings. The summed E-state index contributed by atoms with van der Waals surface area (Å²) in [5.74, 6) is 0. The molecule has 0 heterocycles. The van der Waals surface area contributed by atoms with E-state index in [1.807, 2.05) is 29.5 Å². The quantitative estimate of drug-likeness (QED) is 0.250. The molecule has 54 valence electrons. The van der Waals surface area contributed by atoms with Crippen molar-refractivity contribution < 1.29 is 4.92 Å². The molecule has 0 saturated carbocycles. The van der Waals surface area contributed by atoms with Gasteiger partial charge in [-0.2, -0.15) is 0 Å². The zero-order valence-electron chi connectivity index (χ0n) is 5.34. The van der Waals surface area contributed by atoms with Crippen LogP contribution < -0.4 is 0 Å². The molecule has 0 spiro atoms. The van der Waals surface area contributed by atoms with Crippen molar-refractivity contribution in [3.8, 4) is 0 Å². The Balaban J connectivity index is 3.27. The number of nitro groups is 1. The molecule has 0 radical (unpaired) electrons. The molecule has 0 saturated heterocycles. The second kappa shape index (κ2) is 4.96. The van der Waals surface area contributed by atoms with Gasteiger partial charge in [0.05, 0.1) is 0 Å². The summed E-state index contributed by atoms with van der Waals surface area (Å²) in [5.41, 5.74) is 0. The summed E-state index contributed by atoms with van der Waals surface area (Å²) in [7, 11) is 0. The lowest BCUT2D eigenvalue weighted by molar-refractivity contribution is -0.489. The van der Waals surface area contributed by atoms with Crippen molar-refractivity contribution in [3.63, 3.8) is 0 Å². The Labute approximate surface area is 68.1 Å². The lowest BCUT2D eigenvalue weighted by atomic mass is 10.2. The topological polar surface area (TPSA) is 43.1 Å². The average Bonchev–Trinajstić information content (AvgIpc) is 1.82. The van der Waals surface area contributed by atoms with Crippen molar-refractivity contribution >= 4 is 22.6 Å². The summed E-state index contributed by atoms with van der Waals surface area (Å²) in [6.45, 7) is 2.03. The van der Waals surface area contributed by atoms with Crippen LogP contribution in [0.4, 0.5) is 0 Å². The van der Waals surface area contributed by atoms with Crippen LogP contribution in [0.2, 0.25) is 0 Å². The molecule has 0 fully saturated rings. The van der Waals surface area contributed by atoms with E-state index in [0.717, 1.165) is 12.8 Å². The summed E-state index contributed by atoms with van der Waals surface area (Å²) in [6, 6.07) is 0. The van der Waals surface area contributed by atoms with Gasteiger partial charge in [-0.25, -0.2) is 0 Å². The monoisotopic (exact) mass is 243 g/mol. The third-order valence-corrected chi connectivity index (χ3v) is 2.10. The summed E-state index contributed by atoms with van der Waals surface area (Å²) < 4.78 is -0.387. The largest absolute Gasteiger partial charge is 0.263 e. The van der Waals surface area contributed by atoms with Crippen LogP contribution >= 0.6 is 22.6 Å². The molecule has 0 amide bonds. The molecule has 0 N–H and O–H groups in total. The summed E-state index contributed by atoms with van der Waals surface area (Å²) in [6.07, 6.45) is 2.69. The second-order valence-corrected chi connectivity index (χ2v) is 3.30. The standard InChI is InChI=1S/C5H10INO2/c1-2-3-4-5(6)7(8)9/h5H,2-4H2,1H3. The van der Waals surface area contributed by atoms with E-state index in [-0.39, 0.29) is 8.97 Å². The molecule has 0 aliphatic carbocycles. The number of nitrogens with zero attached hydrogens (tertiary/aromatic N) is 1. The van der Waals surface area contributed by atoms with Crippen molar-refractivity contribution in [2.24, 2.45) is 0 Å². The third-order valence-electron chi connectivity index (χ3n) is 1.02. The molecule has 0 bridgehead atoms. The smallest absolute Gasteiger partial charge is 0.260 e. The van der Waals surface area contributed by atoms with Crippen molar-refractivity contribution in [3.05, 3.63) is 10.1 Å². The van der Waals surface area contributed by atoms with Crippen LogP contribution in [0.5, 0.6) is 0 Å². The van der Waals surface area contributed by atoms with Crippen LogP contribution in [-0.4, -0.2) is 8.97 Å². The maximum atomic E-state index is 10.0. The molecule has 9 heavy (non-hydrogen) atoms. The zero-order chi connectivity index (χ0) is 7.28. The highest BCUT2D eigenvalue weighted by molar-refractivity contribution is 14.1. The number of hydrogen-bond donors (Lipinski definition) is 0. The second-order valence-electron chi connectivity index (χ2n) is 1.86. The Morgan fingerprint density at radius 2 is 2.33 bits per heavy atom. The van der Waals surface area contributed by atoms with E-state index in [1.54, 1.807) is 0 Å². The Morgan fingerprint density at radius 1 is 1.78 bits per heavy atom. The number of alkyl halides is 1. The van der Waals surface area contributed by atoms with Gasteiger partial charge < -0.3 is 0 Å². The molecule has 0 rings (SSSR count). The Bertz CT molecular complexity index is 97.0. The van der Waals surface area contributed by atoms with E-state index >= 15 is 0 Å². The molecule has 0 aliphatic heterocycles. The number of hydrogen-bond acceptors (Lipinski definition) is 2. The fraction of sp³-hybridized carbons (Fsp3) is 1.00. The number of rotatable bonds is 4. The molecule has 1 unspecified atom stereocenters. The number of halogens is 1. The van der Waals surface area contributed by atoms with Gasteiger partial charge in [0.2, 0.25) is 0 Å². The molecule has 0 aliphatic rings. The van der Waals surface area contributed by atoms with E-state index in [1.165, 1.54) is 0 Å². The van der Waals surface area contributed by atoms with Crippen molar-refractivity contribution in [1.82, 2.24) is 0 Å². The van der Waals surface area contributed by atoms with E-state index < -0.39 is 0 Å². The molecule has 3 nitrogen and oxygen atoms in total. The summed E-state index contributed by atoms with van der Waals surface area (Å²) >= 11 is 1.86. The fourth-order valence-corrected chi connectivity index (χ4v) is 0.918. The van der Waals surface area contributed by atoms with Gasteiger partial charge in [-0.05, 0) is 6.42 Å². The average molecular weight is 243 g/mol. The van der Waals surface area contributed by atoms with Gasteiger partial charge in [-0.3, -0.25) is 10.1 Å². The Hall–Kier alpha value is 0.130. The first-order valence-electron chi connectivity index (χ1n) is 2.96. The van der Waals surface area contributed by atoms with Crippen LogP contribution in [0.3, 0.4) is 0 Å². The highest BCUT2D eigenvalue weighted by atomic mass is 127. The van der Waals surface area contributed by atoms with Crippen LogP contribution in [0.1, 0.15) is 26.2 Å². The van der Waals surface area contributed by atoms with Crippen molar-refractivity contribution in [2.75, 3.05) is 0 Å². The molecular formula is C5H10INO2. The Kier molecular flexibility index (Phi) is 5.03. The number of unbranched alkanes of at least 4 members (excludes halogenated alkanes) is 1. The SMILES string of the molecule is CCCCC(I)[N+](=O)[O-]. The van der Waals surface area contributed by atoms with Gasteiger partial charge in [0.1, 0.15) is 0 Å². The summed E-state index contributed by atoms with van der Waals surface area (Å²) in [5, 5.41) is 10.0. The van der Waals surface area contributed by atoms with E-state index in [2.05, 4.69) is 0 Å². The van der Waals surface area contributed by atoms with Crippen LogP contribution in [0.25, 0.3) is 0 Å². The highest BCUT2D eigenvalue weighted by Crippen LogP contribution is 2.09. The van der Waals surface area contributed by atoms with Crippen LogP contribution in [-0.2, 0) is 0 Å². The van der Waals surface area contributed by atoms with Crippen LogP contribution in [0.15, 0.2) is 0 Å². The van der Waals surface area contributed by atoms with Gasteiger partial charge >= 0.3 is 0 Å². The van der Waals surface area contributed by atoms with Gasteiger partial charge in [-0.1, -0.05) is 13.3 Å². The van der Waals surface area contributed by atoms with Crippen LogP contribution in [0, 0.1) is 10.1 Å². The third kappa shape index (κ3) is 4.62. The van der Waals surface area contributed by atoms with Gasteiger partial charge in [-0.15, -0.1) is 0 Å². The van der Waals surface area contributed by atoms with E-state index in [9.17, 15) is 10.1 Å². The molecule has 1 atom stereocenters. The van der Waals surface area contributed by atoms with Crippen molar-refractivity contribution in [2.45, 2.75) is 30.2 Å². The lowest BCUT2D eigenvalue weighted by Gasteiger charge is -1.98. The first-order chi connectivity index (χ1) is 4.18. The highest BCUT2D eigenvalue weighted by Gasteiger charge is 2.12. The van der Waals surface area contributed by atoms with Gasteiger partial charge in [0.15, 0.2) is 0 Å². The predicted molar refractivity (Wildman–Crippen MR) is 44.3 cm³/mol. The lowest BCUT2D eigenvalue weighted by Crippen LogP contribution is -2.10. The minimum absolute atomic E-state index is 0.240. The van der Waals surface area contributed by atoms with E-state index in [4.69, 9.17) is 0 Å². The molecule has 4 heteroatoms. The first kappa shape index (κ1) is 9.13. The fourth-order valence-electron chi connectivity index (χ4n) is 0.478. The molecule has 0 aromatic heterocycles. The summed E-state index contributed by atoms with van der Waals surface area (Å²) in [4.78, 5) is 9.76. The minimum Gasteiger partial charge on any atom is -0.263 e. The molecular weight excluding hydrogens is 233 g/mol. The van der Waals surface area contributed by atoms with Gasteiger partial charge in [0, 0.05) is 33.9 Å². The normalized spacial score (nSPS) is 13.1. The maximum Gasteiger partial charge on any atom is 0.260 e. The minimum atomic E-state index is -0.387.